The molecular weight excluding hydrogens is 240 g/mol. The van der Waals surface area contributed by atoms with Gasteiger partial charge in [-0.1, -0.05) is 0 Å². The summed E-state index contributed by atoms with van der Waals surface area (Å²) < 4.78 is 22.5. The second-order valence-corrected chi connectivity index (χ2v) is 5.84. The van der Waals surface area contributed by atoms with Gasteiger partial charge < -0.3 is 4.90 Å². The Morgan fingerprint density at radius 1 is 1.47 bits per heavy atom. The number of anilines is 1. The van der Waals surface area contributed by atoms with E-state index in [2.05, 4.69) is 0 Å². The highest BCUT2D eigenvalue weighted by molar-refractivity contribution is 7.89. The Morgan fingerprint density at radius 3 is 2.65 bits per heavy atom. The zero-order valence-corrected chi connectivity index (χ0v) is 10.5. The van der Waals surface area contributed by atoms with Crippen LogP contribution >= 0.6 is 0 Å². The number of nitrogens with zero attached hydrogens (tertiary/aromatic N) is 1. The number of amides is 1. The van der Waals surface area contributed by atoms with Crippen LogP contribution in [-0.2, 0) is 21.2 Å². The number of primary sulfonamides is 1. The van der Waals surface area contributed by atoms with E-state index in [0.29, 0.717) is 6.42 Å². The number of sulfonamides is 1. The number of fused-ring (bicyclic) bond motifs is 1. The van der Waals surface area contributed by atoms with Crippen molar-refractivity contribution >= 4 is 21.6 Å². The second-order valence-electron chi connectivity index (χ2n) is 4.28. The van der Waals surface area contributed by atoms with Gasteiger partial charge in [0, 0.05) is 18.7 Å². The quantitative estimate of drug-likeness (QED) is 0.798. The molecule has 0 fully saturated rings. The third-order valence-corrected chi connectivity index (χ3v) is 3.85. The molecule has 6 heteroatoms. The fraction of sp³-hybridized carbons (Fsp3) is 0.364. The second kappa shape index (κ2) is 3.82. The van der Waals surface area contributed by atoms with Crippen LogP contribution in [0.2, 0.25) is 0 Å². The number of nitrogens with two attached hydrogens (primary N) is 1. The highest BCUT2D eigenvalue weighted by Crippen LogP contribution is 2.33. The van der Waals surface area contributed by atoms with Crippen LogP contribution in [0.4, 0.5) is 5.69 Å². The van der Waals surface area contributed by atoms with E-state index in [4.69, 9.17) is 5.14 Å². The van der Waals surface area contributed by atoms with E-state index >= 15 is 0 Å². The normalized spacial score (nSPS) is 19.2. The number of carbonyl (C=O) groups is 1. The molecule has 5 nitrogen and oxygen atoms in total. The summed E-state index contributed by atoms with van der Waals surface area (Å²) in [6.45, 7) is 3.43. The van der Waals surface area contributed by atoms with Gasteiger partial charge in [0.1, 0.15) is 0 Å². The van der Waals surface area contributed by atoms with Crippen LogP contribution < -0.4 is 10.0 Å². The Balaban J connectivity index is 2.52. The molecule has 2 rings (SSSR count). The molecule has 0 aliphatic carbocycles. The zero-order valence-electron chi connectivity index (χ0n) is 9.67. The summed E-state index contributed by atoms with van der Waals surface area (Å²) >= 11 is 0. The predicted molar refractivity (Wildman–Crippen MR) is 64.1 cm³/mol. The summed E-state index contributed by atoms with van der Waals surface area (Å²) in [7, 11) is -3.68. The summed E-state index contributed by atoms with van der Waals surface area (Å²) in [6, 6.07) is 4.67. The molecule has 0 radical (unpaired) electrons. The number of rotatable bonds is 1. The van der Waals surface area contributed by atoms with Crippen molar-refractivity contribution in [3.8, 4) is 0 Å². The first-order chi connectivity index (χ1) is 7.80. The average Bonchev–Trinajstić information content (AvgIpc) is 2.50. The number of hydrogen-bond acceptors (Lipinski definition) is 3. The minimum Gasteiger partial charge on any atom is -0.309 e. The van der Waals surface area contributed by atoms with Crippen LogP contribution in [0.15, 0.2) is 23.1 Å². The first kappa shape index (κ1) is 12.1. The van der Waals surface area contributed by atoms with Gasteiger partial charge in [0.2, 0.25) is 15.9 Å². The van der Waals surface area contributed by atoms with Crippen LogP contribution in [0, 0.1) is 0 Å². The molecule has 2 N–H and O–H groups in total. The minimum absolute atomic E-state index is 0.0420. The predicted octanol–water partition coefficient (Wildman–Crippen LogP) is 0.632. The maximum absolute atomic E-state index is 11.5. The standard InChI is InChI=1S/C11H14N2O3S/c1-7-5-9-6-10(17(12,15)16)3-4-11(9)13(7)8(2)14/h3-4,6-7H,5H2,1-2H3,(H2,12,15,16)/t7-/m0/s1. The summed E-state index contributed by atoms with van der Waals surface area (Å²) in [4.78, 5) is 13.2. The molecular formula is C11H14N2O3S. The lowest BCUT2D eigenvalue weighted by molar-refractivity contribution is -0.116. The van der Waals surface area contributed by atoms with E-state index < -0.39 is 10.0 Å². The Labute approximate surface area is 100 Å². The lowest BCUT2D eigenvalue weighted by Crippen LogP contribution is -2.33. The highest BCUT2D eigenvalue weighted by Gasteiger charge is 2.29. The Morgan fingerprint density at radius 2 is 2.12 bits per heavy atom. The molecule has 92 valence electrons. The van der Waals surface area contributed by atoms with Crippen molar-refractivity contribution in [2.75, 3.05) is 4.90 Å². The largest absolute Gasteiger partial charge is 0.309 e. The molecule has 17 heavy (non-hydrogen) atoms. The molecule has 0 aromatic heterocycles. The third-order valence-electron chi connectivity index (χ3n) is 2.93. The molecule has 1 heterocycles. The third kappa shape index (κ3) is 2.05. The fourth-order valence-corrected chi connectivity index (χ4v) is 2.83. The van der Waals surface area contributed by atoms with E-state index in [1.54, 1.807) is 17.0 Å². The summed E-state index contributed by atoms with van der Waals surface area (Å²) in [5.74, 6) is -0.0420. The molecule has 1 atom stereocenters. The van der Waals surface area contributed by atoms with Crippen LogP contribution in [0.25, 0.3) is 0 Å². The van der Waals surface area contributed by atoms with Crippen LogP contribution in [-0.4, -0.2) is 20.4 Å². The van der Waals surface area contributed by atoms with E-state index in [-0.39, 0.29) is 16.8 Å². The highest BCUT2D eigenvalue weighted by atomic mass is 32.2. The topological polar surface area (TPSA) is 80.5 Å². The monoisotopic (exact) mass is 254 g/mol. The number of hydrogen-bond donors (Lipinski definition) is 1. The van der Waals surface area contributed by atoms with Crippen molar-refractivity contribution in [2.24, 2.45) is 5.14 Å². The molecule has 1 aromatic carbocycles. The molecule has 1 aromatic rings. The van der Waals surface area contributed by atoms with E-state index in [0.717, 1.165) is 11.3 Å². The molecule has 0 spiro atoms. The molecule has 0 unspecified atom stereocenters. The molecule has 0 bridgehead atoms. The van der Waals surface area contributed by atoms with Gasteiger partial charge in [-0.3, -0.25) is 4.79 Å². The van der Waals surface area contributed by atoms with Crippen LogP contribution in [0.1, 0.15) is 19.4 Å². The van der Waals surface area contributed by atoms with E-state index in [1.807, 2.05) is 6.92 Å². The van der Waals surface area contributed by atoms with Crippen molar-refractivity contribution in [1.29, 1.82) is 0 Å². The first-order valence-corrected chi connectivity index (χ1v) is 6.81. The maximum atomic E-state index is 11.5. The van der Waals surface area contributed by atoms with Crippen molar-refractivity contribution < 1.29 is 13.2 Å². The maximum Gasteiger partial charge on any atom is 0.238 e. The van der Waals surface area contributed by atoms with Crippen LogP contribution in [0.5, 0.6) is 0 Å². The smallest absolute Gasteiger partial charge is 0.238 e. The van der Waals surface area contributed by atoms with Gasteiger partial charge in [0.25, 0.3) is 0 Å². The van der Waals surface area contributed by atoms with Crippen molar-refractivity contribution in [2.45, 2.75) is 31.2 Å². The minimum atomic E-state index is -3.68. The van der Waals surface area contributed by atoms with Gasteiger partial charge in [0.15, 0.2) is 0 Å². The van der Waals surface area contributed by atoms with E-state index in [1.165, 1.54) is 13.0 Å². The summed E-state index contributed by atoms with van der Waals surface area (Å²) in [5.41, 5.74) is 1.62. The van der Waals surface area contributed by atoms with Gasteiger partial charge >= 0.3 is 0 Å². The van der Waals surface area contributed by atoms with Gasteiger partial charge in [-0.15, -0.1) is 0 Å². The van der Waals surface area contributed by atoms with Gasteiger partial charge in [0.05, 0.1) is 4.90 Å². The number of carbonyl (C=O) groups excluding carboxylic acids is 1. The van der Waals surface area contributed by atoms with Crippen LogP contribution in [0.3, 0.4) is 0 Å². The molecule has 0 saturated carbocycles. The average molecular weight is 254 g/mol. The molecule has 1 aliphatic heterocycles. The lowest BCUT2D eigenvalue weighted by Gasteiger charge is -2.20. The van der Waals surface area contributed by atoms with Gasteiger partial charge in [-0.2, -0.15) is 0 Å². The first-order valence-electron chi connectivity index (χ1n) is 5.26. The summed E-state index contributed by atoms with van der Waals surface area (Å²) in [6.07, 6.45) is 0.651. The van der Waals surface area contributed by atoms with E-state index in [9.17, 15) is 13.2 Å². The van der Waals surface area contributed by atoms with Gasteiger partial charge in [-0.05, 0) is 37.1 Å². The Bertz CT molecular complexity index is 580. The Kier molecular flexibility index (Phi) is 2.71. The fourth-order valence-electron chi connectivity index (χ4n) is 2.26. The van der Waals surface area contributed by atoms with Crippen molar-refractivity contribution in [3.63, 3.8) is 0 Å². The molecule has 0 saturated heterocycles. The number of benzene rings is 1. The van der Waals surface area contributed by atoms with Crippen molar-refractivity contribution in [1.82, 2.24) is 0 Å². The zero-order chi connectivity index (χ0) is 12.8. The Hall–Kier alpha value is -1.40. The van der Waals surface area contributed by atoms with Crippen molar-refractivity contribution in [3.05, 3.63) is 23.8 Å². The summed E-state index contributed by atoms with van der Waals surface area (Å²) in [5, 5.41) is 5.07. The SMILES string of the molecule is CC(=O)N1c2ccc(S(N)(=O)=O)cc2C[C@@H]1C. The lowest BCUT2D eigenvalue weighted by atomic mass is 10.1. The molecule has 1 amide bonds. The molecule has 1 aliphatic rings. The van der Waals surface area contributed by atoms with Gasteiger partial charge in [-0.25, -0.2) is 13.6 Å².